The number of halogens is 2. The van der Waals surface area contributed by atoms with Crippen LogP contribution in [-0.2, 0) is 10.0 Å². The normalized spacial score (nSPS) is 11.1. The summed E-state index contributed by atoms with van der Waals surface area (Å²) >= 11 is 5.50. The van der Waals surface area contributed by atoms with Gasteiger partial charge >= 0.3 is 5.69 Å². The molecule has 0 saturated heterocycles. The summed E-state index contributed by atoms with van der Waals surface area (Å²) in [6.07, 6.45) is 1.19. The fourth-order valence-corrected chi connectivity index (χ4v) is 2.80. The lowest BCUT2D eigenvalue weighted by molar-refractivity contribution is -0.390. The lowest BCUT2D eigenvalue weighted by Crippen LogP contribution is -2.16. The number of hydrogen-bond donors (Lipinski definition) is 1. The van der Waals surface area contributed by atoms with E-state index in [1.54, 1.807) is 0 Å². The molecule has 0 unspecified atom stereocenters. The van der Waals surface area contributed by atoms with Gasteiger partial charge in [-0.15, -0.1) is 0 Å². The highest BCUT2D eigenvalue weighted by atomic mass is 35.5. The number of sulfonamides is 1. The first-order valence-electron chi connectivity index (χ1n) is 5.25. The zero-order valence-corrected chi connectivity index (χ0v) is 11.6. The van der Waals surface area contributed by atoms with Crippen LogP contribution in [0.1, 0.15) is 0 Å². The molecule has 0 bridgehead atoms. The Balaban J connectivity index is 2.50. The summed E-state index contributed by atoms with van der Waals surface area (Å²) in [6, 6.07) is 3.93. The van der Waals surface area contributed by atoms with E-state index in [4.69, 9.17) is 11.6 Å². The van der Waals surface area contributed by atoms with Crippen molar-refractivity contribution >= 4 is 33.1 Å². The minimum Gasteiger partial charge on any atom is -0.263 e. The predicted molar refractivity (Wildman–Crippen MR) is 70.9 cm³/mol. The molecular formula is C10H6ClFN4O4S. The number of rotatable bonds is 4. The van der Waals surface area contributed by atoms with E-state index < -0.39 is 31.3 Å². The van der Waals surface area contributed by atoms with Crippen LogP contribution < -0.4 is 4.72 Å². The SMILES string of the molecule is O=[N+]([O-])c1c(F)cccc1S(=O)(=O)Nc1ccnc(Cl)n1. The van der Waals surface area contributed by atoms with Gasteiger partial charge in [0.2, 0.25) is 11.1 Å². The van der Waals surface area contributed by atoms with Crippen molar-refractivity contribution in [3.05, 3.63) is 51.7 Å². The molecule has 0 radical (unpaired) electrons. The van der Waals surface area contributed by atoms with Gasteiger partial charge in [-0.25, -0.2) is 13.4 Å². The van der Waals surface area contributed by atoms with Crippen molar-refractivity contribution in [2.24, 2.45) is 0 Å². The average Bonchev–Trinajstić information content (AvgIpc) is 2.37. The maximum absolute atomic E-state index is 13.5. The quantitative estimate of drug-likeness (QED) is 0.520. The maximum Gasteiger partial charge on any atom is 0.325 e. The zero-order chi connectivity index (χ0) is 15.6. The van der Waals surface area contributed by atoms with Crippen molar-refractivity contribution in [1.82, 2.24) is 9.97 Å². The van der Waals surface area contributed by atoms with Gasteiger partial charge in [-0.05, 0) is 29.8 Å². The summed E-state index contributed by atoms with van der Waals surface area (Å²) in [6.45, 7) is 0. The fraction of sp³-hybridized carbons (Fsp3) is 0. The molecule has 0 saturated carbocycles. The molecule has 0 atom stereocenters. The number of nitrogens with one attached hydrogen (secondary N) is 1. The van der Waals surface area contributed by atoms with Gasteiger partial charge in [0.05, 0.1) is 4.92 Å². The second-order valence-electron chi connectivity index (χ2n) is 3.66. The molecule has 1 heterocycles. The number of nitro groups is 1. The smallest absolute Gasteiger partial charge is 0.263 e. The van der Waals surface area contributed by atoms with E-state index >= 15 is 0 Å². The van der Waals surface area contributed by atoms with Crippen LogP contribution in [-0.4, -0.2) is 23.3 Å². The third-order valence-corrected chi connectivity index (χ3v) is 3.86. The number of para-hydroxylation sites is 1. The molecule has 0 spiro atoms. The summed E-state index contributed by atoms with van der Waals surface area (Å²) < 4.78 is 39.6. The summed E-state index contributed by atoms with van der Waals surface area (Å²) in [5, 5.41) is 10.6. The van der Waals surface area contributed by atoms with Crippen LogP contribution in [0.15, 0.2) is 35.4 Å². The zero-order valence-electron chi connectivity index (χ0n) is 10.0. The van der Waals surface area contributed by atoms with Crippen molar-refractivity contribution in [3.8, 4) is 0 Å². The summed E-state index contributed by atoms with van der Waals surface area (Å²) in [7, 11) is -4.41. The summed E-state index contributed by atoms with van der Waals surface area (Å²) in [5.74, 6) is -1.46. The van der Waals surface area contributed by atoms with Gasteiger partial charge in [-0.3, -0.25) is 14.8 Å². The van der Waals surface area contributed by atoms with Gasteiger partial charge in [-0.1, -0.05) is 6.07 Å². The Hall–Kier alpha value is -2.33. The molecule has 2 rings (SSSR count). The standard InChI is InChI=1S/C10H6ClFN4O4S/c11-10-13-5-4-8(14-10)15-21(19,20)7-3-1-2-6(12)9(7)16(17)18/h1-5H,(H,13,14,15). The van der Waals surface area contributed by atoms with Crippen LogP contribution in [0.4, 0.5) is 15.9 Å². The van der Waals surface area contributed by atoms with Crippen LogP contribution in [0.2, 0.25) is 5.28 Å². The number of nitrogens with zero attached hydrogens (tertiary/aromatic N) is 3. The van der Waals surface area contributed by atoms with E-state index in [9.17, 15) is 22.9 Å². The highest BCUT2D eigenvalue weighted by Crippen LogP contribution is 2.27. The van der Waals surface area contributed by atoms with Crippen molar-refractivity contribution in [2.75, 3.05) is 4.72 Å². The minimum absolute atomic E-state index is 0.200. The Bertz CT molecular complexity index is 814. The number of benzene rings is 1. The van der Waals surface area contributed by atoms with Crippen molar-refractivity contribution in [2.45, 2.75) is 4.90 Å². The third kappa shape index (κ3) is 3.23. The molecule has 2 aromatic rings. The lowest BCUT2D eigenvalue weighted by Gasteiger charge is -2.07. The molecule has 0 aliphatic heterocycles. The van der Waals surface area contributed by atoms with E-state index in [1.807, 2.05) is 4.72 Å². The molecule has 0 fully saturated rings. The van der Waals surface area contributed by atoms with Crippen LogP contribution in [0.3, 0.4) is 0 Å². The Labute approximate surface area is 122 Å². The molecule has 1 N–H and O–H groups in total. The molecule has 8 nitrogen and oxygen atoms in total. The van der Waals surface area contributed by atoms with Crippen molar-refractivity contribution < 1.29 is 17.7 Å². The molecule has 1 aromatic carbocycles. The van der Waals surface area contributed by atoms with Crippen LogP contribution in [0.5, 0.6) is 0 Å². The average molecular weight is 333 g/mol. The molecule has 21 heavy (non-hydrogen) atoms. The molecule has 11 heteroatoms. The van der Waals surface area contributed by atoms with Gasteiger partial charge in [0.15, 0.2) is 4.90 Å². The lowest BCUT2D eigenvalue weighted by atomic mass is 10.3. The molecule has 0 aliphatic carbocycles. The van der Waals surface area contributed by atoms with Gasteiger partial charge in [0.25, 0.3) is 10.0 Å². The maximum atomic E-state index is 13.5. The molecule has 110 valence electrons. The van der Waals surface area contributed by atoms with Crippen LogP contribution >= 0.6 is 11.6 Å². The number of nitro benzene ring substituents is 1. The van der Waals surface area contributed by atoms with E-state index in [0.717, 1.165) is 18.2 Å². The van der Waals surface area contributed by atoms with E-state index in [1.165, 1.54) is 12.3 Å². The Morgan fingerprint density at radius 3 is 2.67 bits per heavy atom. The van der Waals surface area contributed by atoms with Crippen molar-refractivity contribution in [3.63, 3.8) is 0 Å². The summed E-state index contributed by atoms with van der Waals surface area (Å²) in [5.41, 5.74) is -1.15. The third-order valence-electron chi connectivity index (χ3n) is 2.29. The summed E-state index contributed by atoms with van der Waals surface area (Å²) in [4.78, 5) is 16.0. The Kier molecular flexibility index (Phi) is 4.00. The largest absolute Gasteiger partial charge is 0.325 e. The van der Waals surface area contributed by atoms with Crippen molar-refractivity contribution in [1.29, 1.82) is 0 Å². The molecular weight excluding hydrogens is 327 g/mol. The highest BCUT2D eigenvalue weighted by molar-refractivity contribution is 7.92. The minimum atomic E-state index is -4.41. The first kappa shape index (κ1) is 15.1. The Morgan fingerprint density at radius 1 is 1.33 bits per heavy atom. The van der Waals surface area contributed by atoms with Gasteiger partial charge < -0.3 is 0 Å². The second kappa shape index (κ2) is 5.58. The fourth-order valence-electron chi connectivity index (χ4n) is 1.47. The second-order valence-corrected chi connectivity index (χ2v) is 5.65. The highest BCUT2D eigenvalue weighted by Gasteiger charge is 2.29. The predicted octanol–water partition coefficient (Wildman–Crippen LogP) is 1.98. The van der Waals surface area contributed by atoms with E-state index in [0.29, 0.717) is 0 Å². The topological polar surface area (TPSA) is 115 Å². The van der Waals surface area contributed by atoms with Crippen LogP contribution in [0, 0.1) is 15.9 Å². The molecule has 0 amide bonds. The van der Waals surface area contributed by atoms with Crippen LogP contribution in [0.25, 0.3) is 0 Å². The van der Waals surface area contributed by atoms with Gasteiger partial charge in [-0.2, -0.15) is 9.37 Å². The van der Waals surface area contributed by atoms with E-state index in [-0.39, 0.29) is 11.1 Å². The first-order valence-corrected chi connectivity index (χ1v) is 7.11. The number of hydrogen-bond acceptors (Lipinski definition) is 6. The Morgan fingerprint density at radius 2 is 2.05 bits per heavy atom. The first-order chi connectivity index (χ1) is 9.81. The number of anilines is 1. The number of aromatic nitrogens is 2. The van der Waals surface area contributed by atoms with Gasteiger partial charge in [0.1, 0.15) is 5.82 Å². The molecule has 0 aliphatic rings. The van der Waals surface area contributed by atoms with Gasteiger partial charge in [0, 0.05) is 6.20 Å². The van der Waals surface area contributed by atoms with E-state index in [2.05, 4.69) is 9.97 Å². The molecule has 1 aromatic heterocycles. The monoisotopic (exact) mass is 332 g/mol.